The molecule has 0 N–H and O–H groups in total. The summed E-state index contributed by atoms with van der Waals surface area (Å²) in [5.41, 5.74) is -1.35. The van der Waals surface area contributed by atoms with Gasteiger partial charge in [-0.15, -0.1) is 0 Å². The molecule has 0 aromatic carbocycles. The van der Waals surface area contributed by atoms with Gasteiger partial charge in [0.2, 0.25) is 0 Å². The van der Waals surface area contributed by atoms with E-state index in [0.717, 1.165) is 0 Å². The van der Waals surface area contributed by atoms with Gasteiger partial charge in [-0.1, -0.05) is 55.0 Å². The predicted octanol–water partition coefficient (Wildman–Crippen LogP) is 6.67. The molecule has 0 aliphatic carbocycles. The van der Waals surface area contributed by atoms with E-state index >= 15 is 9.59 Å². The maximum Gasteiger partial charge on any atom is 0.410 e. The zero-order valence-electron chi connectivity index (χ0n) is 50.3. The summed E-state index contributed by atoms with van der Waals surface area (Å²) in [4.78, 5) is 87.1. The van der Waals surface area contributed by atoms with Gasteiger partial charge >= 0.3 is 30.0 Å². The van der Waals surface area contributed by atoms with Gasteiger partial charge in [0.25, 0.3) is 0 Å². The summed E-state index contributed by atoms with van der Waals surface area (Å²) < 4.78 is 82.3. The Labute approximate surface area is 463 Å². The number of ketones is 1. The van der Waals surface area contributed by atoms with Crippen molar-refractivity contribution in [1.82, 2.24) is 9.80 Å². The van der Waals surface area contributed by atoms with Crippen LogP contribution in [0.4, 0.5) is 4.79 Å². The summed E-state index contributed by atoms with van der Waals surface area (Å²) in [7, 11) is 7.94. The molecule has 0 unspecified atom stereocenters. The summed E-state index contributed by atoms with van der Waals surface area (Å²) in [6.45, 7) is 30.7. The summed E-state index contributed by atoms with van der Waals surface area (Å²) in [6.07, 6.45) is -12.5. The molecule has 448 valence electrons. The van der Waals surface area contributed by atoms with Crippen LogP contribution in [0.2, 0.25) is 0 Å². The number of rotatable bonds is 16. The van der Waals surface area contributed by atoms with E-state index in [2.05, 4.69) is 18.4 Å². The number of carbonyl (C=O) groups is 6. The third-order valence-electron chi connectivity index (χ3n) is 15.7. The van der Waals surface area contributed by atoms with E-state index in [1.165, 1.54) is 54.0 Å². The van der Waals surface area contributed by atoms with Gasteiger partial charge in [0.05, 0.1) is 49.0 Å². The first-order valence-corrected chi connectivity index (χ1v) is 27.9. The Hall–Kier alpha value is -3.80. The van der Waals surface area contributed by atoms with Crippen LogP contribution < -0.4 is 0 Å². The number of Topliss-reactive ketones (excluding diaryl/α,β-unsaturated/α-hetero) is 1. The van der Waals surface area contributed by atoms with Gasteiger partial charge in [-0.2, -0.15) is 0 Å². The second-order valence-corrected chi connectivity index (χ2v) is 23.6. The fourth-order valence-electron chi connectivity index (χ4n) is 11.6. The first kappa shape index (κ1) is 66.7. The van der Waals surface area contributed by atoms with Crippen molar-refractivity contribution in [2.45, 2.75) is 227 Å². The van der Waals surface area contributed by atoms with Crippen molar-refractivity contribution >= 4 is 35.8 Å². The van der Waals surface area contributed by atoms with Crippen molar-refractivity contribution in [2.75, 3.05) is 48.5 Å². The minimum atomic E-state index is -1.91. The normalized spacial score (nSPS) is 39.2. The average Bonchev–Trinajstić information content (AvgIpc) is 3.47. The Balaban J connectivity index is 1.98. The molecule has 0 aromatic rings. The van der Waals surface area contributed by atoms with Crippen LogP contribution in [0.1, 0.15) is 130 Å². The minimum absolute atomic E-state index is 0.00756. The highest BCUT2D eigenvalue weighted by Gasteiger charge is 2.53. The van der Waals surface area contributed by atoms with E-state index in [0.29, 0.717) is 25.0 Å². The maximum absolute atomic E-state index is 15.7. The van der Waals surface area contributed by atoms with Crippen molar-refractivity contribution in [2.24, 2.45) is 41.4 Å². The van der Waals surface area contributed by atoms with Crippen LogP contribution >= 0.6 is 0 Å². The highest BCUT2D eigenvalue weighted by Crippen LogP contribution is 2.41. The molecule has 21 nitrogen and oxygen atoms in total. The van der Waals surface area contributed by atoms with Gasteiger partial charge in [-0.3, -0.25) is 24.0 Å². The van der Waals surface area contributed by atoms with Crippen molar-refractivity contribution in [3.8, 4) is 0 Å². The van der Waals surface area contributed by atoms with E-state index in [4.69, 9.17) is 61.6 Å². The number of carbonyl (C=O) groups excluding carboxylic acids is 6. The topological polar surface area (TPSA) is 229 Å². The zero-order valence-corrected chi connectivity index (χ0v) is 50.3. The Morgan fingerprint density at radius 1 is 0.756 bits per heavy atom. The fraction of sp³-hybridized carbons (Fsp3) is 0.860. The van der Waals surface area contributed by atoms with E-state index in [1.54, 1.807) is 34.6 Å². The van der Waals surface area contributed by atoms with Gasteiger partial charge in [-0.25, -0.2) is 4.79 Å². The lowest BCUT2D eigenvalue weighted by Gasteiger charge is -2.45. The zero-order chi connectivity index (χ0) is 58.8. The van der Waals surface area contributed by atoms with Crippen LogP contribution in [0.5, 0.6) is 0 Å². The largest absolute Gasteiger partial charge is 0.461 e. The molecular weight excluding hydrogens is 1020 g/mol. The van der Waals surface area contributed by atoms with Gasteiger partial charge in [-0.05, 0) is 78.8 Å². The molecule has 0 saturated carbocycles. The van der Waals surface area contributed by atoms with Crippen molar-refractivity contribution < 1.29 is 90.3 Å². The summed E-state index contributed by atoms with van der Waals surface area (Å²) in [6, 6.07) is 0.0108. The fourth-order valence-corrected chi connectivity index (χ4v) is 11.6. The SMILES string of the molecule is C=C1C[C@@H](C)O[C@@H](O[C@@H]2[C@@H](C)[C@H](O[C@H]3C[C@@H](C)N(C)C[C@H](C)O3)[C@@H](C)C(=O)O[C@H]([C@@H](C)CO[C@@H]3O[C@H](C)[C@@H](OC(C)=O)[C@@H](OC)[C@H]3OC)[C@H](C)[C@@H](OC(=O)CC(C)C)[C@@H](C)C(=O)[C@@](C)(OC(=O)N(C)C)C[C@@H]2C)[C@@H]1OC(C)=O. The van der Waals surface area contributed by atoms with Gasteiger partial charge in [0.1, 0.15) is 24.4 Å². The molecule has 0 spiro atoms. The highest BCUT2D eigenvalue weighted by molar-refractivity contribution is 5.91. The molecule has 1 amide bonds. The summed E-state index contributed by atoms with van der Waals surface area (Å²) in [5.74, 6) is -8.45. The molecule has 22 atom stereocenters. The molecular formula is C57H96N2O19. The Morgan fingerprint density at radius 3 is 1.96 bits per heavy atom. The van der Waals surface area contributed by atoms with Gasteiger partial charge in [0.15, 0.2) is 42.5 Å². The van der Waals surface area contributed by atoms with Crippen LogP contribution in [-0.2, 0) is 85.6 Å². The molecule has 4 rings (SSSR count). The molecule has 4 heterocycles. The number of esters is 4. The number of likely N-dealkylation sites (N-methyl/N-ethyl adjacent to an activating group) is 1. The van der Waals surface area contributed by atoms with Crippen LogP contribution in [0, 0.1) is 41.4 Å². The molecule has 4 saturated heterocycles. The molecule has 4 fully saturated rings. The lowest BCUT2D eigenvalue weighted by Crippen LogP contribution is -2.60. The number of methoxy groups -OCH3 is 2. The van der Waals surface area contributed by atoms with E-state index in [-0.39, 0.29) is 37.5 Å². The lowest BCUT2D eigenvalue weighted by molar-refractivity contribution is -0.307. The van der Waals surface area contributed by atoms with Crippen LogP contribution in [0.25, 0.3) is 0 Å². The second-order valence-electron chi connectivity index (χ2n) is 23.6. The van der Waals surface area contributed by atoms with Crippen molar-refractivity contribution in [3.63, 3.8) is 0 Å². The van der Waals surface area contributed by atoms with E-state index < -0.39 is 157 Å². The molecule has 4 aliphatic rings. The van der Waals surface area contributed by atoms with Crippen LogP contribution in [0.15, 0.2) is 12.2 Å². The molecule has 0 radical (unpaired) electrons. The minimum Gasteiger partial charge on any atom is -0.461 e. The number of ether oxygens (including phenoxy) is 13. The lowest BCUT2D eigenvalue weighted by atomic mass is 9.74. The van der Waals surface area contributed by atoms with Gasteiger partial charge < -0.3 is 71.4 Å². The average molecular weight is 1110 g/mol. The van der Waals surface area contributed by atoms with Crippen molar-refractivity contribution in [1.29, 1.82) is 0 Å². The third-order valence-corrected chi connectivity index (χ3v) is 15.7. The standard InChI is InChI=1S/C57H96N2O19/c1-28(2)22-42(62)74-47-36(10)45(31(5)27-68-54-51(67-21)50(66-20)49(39(13)71-54)73-41(15)61)76-53(64)38(12)48(75-43-24-32(6)59(19)26-34(8)69-43)35(9)44(77-55-46(72-40(14)60)29(3)23-33(7)70-55)30(4)25-57(16,52(63)37(47)11)78-56(65)58(17)18/h28,30-39,43-51,54-55H,3,22-27H2,1-2,4-21H3/t30-,31-,32+,33+,34-,35+,36-,37+,38+,39+,43-,44-,45+,46+,47+,48-,49+,50+,51+,54+,55-,57-/m0/s1. The summed E-state index contributed by atoms with van der Waals surface area (Å²) >= 11 is 0. The number of cyclic esters (lactones) is 1. The smallest absolute Gasteiger partial charge is 0.410 e. The van der Waals surface area contributed by atoms with Crippen LogP contribution in [0.3, 0.4) is 0 Å². The second kappa shape index (κ2) is 29.3. The first-order valence-electron chi connectivity index (χ1n) is 27.9. The van der Waals surface area contributed by atoms with Gasteiger partial charge in [0, 0.05) is 85.3 Å². The highest BCUT2D eigenvalue weighted by atomic mass is 16.7. The predicted molar refractivity (Wildman–Crippen MR) is 284 cm³/mol. The number of amides is 1. The molecule has 4 aliphatic heterocycles. The Kier molecular flexibility index (Phi) is 25.0. The third kappa shape index (κ3) is 17.4. The molecule has 0 aromatic heterocycles. The molecule has 78 heavy (non-hydrogen) atoms. The first-order chi connectivity index (χ1) is 36.3. The maximum atomic E-state index is 15.7. The van der Waals surface area contributed by atoms with Crippen LogP contribution in [-0.4, -0.2) is 192 Å². The monoisotopic (exact) mass is 1110 g/mol. The number of hydrogen-bond donors (Lipinski definition) is 0. The summed E-state index contributed by atoms with van der Waals surface area (Å²) in [5, 5.41) is 0. The van der Waals surface area contributed by atoms with Crippen molar-refractivity contribution in [3.05, 3.63) is 12.2 Å². The Bertz CT molecular complexity index is 2020. The molecule has 0 bridgehead atoms. The number of hydrogen-bond acceptors (Lipinski definition) is 20. The van der Waals surface area contributed by atoms with E-state index in [1.807, 2.05) is 48.6 Å². The quantitative estimate of drug-likeness (QED) is 0.0892. The number of nitrogens with zero attached hydrogens (tertiary/aromatic N) is 2. The molecule has 21 heteroatoms. The van der Waals surface area contributed by atoms with E-state index in [9.17, 15) is 19.2 Å². The Morgan fingerprint density at radius 2 is 1.38 bits per heavy atom.